The second-order valence-electron chi connectivity index (χ2n) is 5.57. The fourth-order valence-corrected chi connectivity index (χ4v) is 2.75. The van der Waals surface area contributed by atoms with Crippen molar-refractivity contribution in [3.63, 3.8) is 0 Å². The lowest BCUT2D eigenvalue weighted by atomic mass is 10.0. The highest BCUT2D eigenvalue weighted by atomic mass is 32.1. The SMILES string of the molecule is FC(F)(F)c1cccc(NC(=S)Nc2ccccc2-c2ccccc2)c1. The molecule has 2 nitrogen and oxygen atoms in total. The molecule has 0 bridgehead atoms. The first-order valence-electron chi connectivity index (χ1n) is 7.83. The summed E-state index contributed by atoms with van der Waals surface area (Å²) in [6.07, 6.45) is -4.40. The van der Waals surface area contributed by atoms with Gasteiger partial charge in [-0.1, -0.05) is 54.6 Å². The molecule has 0 spiro atoms. The van der Waals surface area contributed by atoms with Crippen molar-refractivity contribution >= 4 is 28.7 Å². The molecule has 132 valence electrons. The van der Waals surface area contributed by atoms with E-state index in [1.807, 2.05) is 54.6 Å². The van der Waals surface area contributed by atoms with Crippen LogP contribution in [0, 0.1) is 0 Å². The van der Waals surface area contributed by atoms with Crippen molar-refractivity contribution in [2.75, 3.05) is 10.6 Å². The predicted octanol–water partition coefficient (Wildman–Crippen LogP) is 6.18. The van der Waals surface area contributed by atoms with E-state index in [0.29, 0.717) is 0 Å². The highest BCUT2D eigenvalue weighted by Crippen LogP contribution is 2.31. The van der Waals surface area contributed by atoms with E-state index >= 15 is 0 Å². The average molecular weight is 372 g/mol. The maximum atomic E-state index is 12.8. The van der Waals surface area contributed by atoms with E-state index in [1.165, 1.54) is 12.1 Å². The third-order valence-corrected chi connectivity index (χ3v) is 3.91. The number of thiocarbonyl (C=S) groups is 1. The Kier molecular flexibility index (Phi) is 5.23. The molecule has 3 aromatic carbocycles. The van der Waals surface area contributed by atoms with Gasteiger partial charge in [-0.25, -0.2) is 0 Å². The van der Waals surface area contributed by atoms with Gasteiger partial charge in [0.25, 0.3) is 0 Å². The van der Waals surface area contributed by atoms with Crippen LogP contribution in [-0.4, -0.2) is 5.11 Å². The van der Waals surface area contributed by atoms with Gasteiger partial charge in [0.2, 0.25) is 0 Å². The quantitative estimate of drug-likeness (QED) is 0.537. The van der Waals surface area contributed by atoms with E-state index in [-0.39, 0.29) is 10.8 Å². The van der Waals surface area contributed by atoms with Crippen molar-refractivity contribution in [1.82, 2.24) is 0 Å². The molecule has 0 heterocycles. The fraction of sp³-hybridized carbons (Fsp3) is 0.0500. The Morgan fingerprint density at radius 2 is 1.46 bits per heavy atom. The van der Waals surface area contributed by atoms with Gasteiger partial charge in [-0.2, -0.15) is 13.2 Å². The summed E-state index contributed by atoms with van der Waals surface area (Å²) >= 11 is 5.26. The maximum Gasteiger partial charge on any atom is 0.416 e. The molecule has 0 aromatic heterocycles. The molecule has 0 unspecified atom stereocenters. The molecule has 0 aliphatic rings. The lowest BCUT2D eigenvalue weighted by Gasteiger charge is -2.15. The normalized spacial score (nSPS) is 11.0. The van der Waals surface area contributed by atoms with Gasteiger partial charge in [-0.3, -0.25) is 0 Å². The van der Waals surface area contributed by atoms with Crippen LogP contribution in [-0.2, 0) is 6.18 Å². The fourth-order valence-electron chi connectivity index (χ4n) is 2.52. The Balaban J connectivity index is 1.78. The molecule has 0 saturated heterocycles. The zero-order valence-corrected chi connectivity index (χ0v) is 14.4. The molecule has 0 atom stereocenters. The first-order valence-corrected chi connectivity index (χ1v) is 8.24. The Bertz CT molecular complexity index is 908. The van der Waals surface area contributed by atoms with Gasteiger partial charge in [0, 0.05) is 16.9 Å². The number of para-hydroxylation sites is 1. The zero-order chi connectivity index (χ0) is 18.6. The van der Waals surface area contributed by atoms with Crippen LogP contribution < -0.4 is 10.6 Å². The van der Waals surface area contributed by atoms with Crippen LogP contribution in [0.4, 0.5) is 24.5 Å². The van der Waals surface area contributed by atoms with Crippen LogP contribution in [0.15, 0.2) is 78.9 Å². The number of benzene rings is 3. The van der Waals surface area contributed by atoms with Gasteiger partial charge in [-0.05, 0) is 42.0 Å². The number of hydrogen-bond acceptors (Lipinski definition) is 1. The molecule has 0 aliphatic carbocycles. The van der Waals surface area contributed by atoms with Crippen molar-refractivity contribution in [2.24, 2.45) is 0 Å². The molecule has 3 aromatic rings. The van der Waals surface area contributed by atoms with Crippen LogP contribution in [0.25, 0.3) is 11.1 Å². The van der Waals surface area contributed by atoms with Crippen LogP contribution in [0.1, 0.15) is 5.56 Å². The summed E-state index contributed by atoms with van der Waals surface area (Å²) in [4.78, 5) is 0. The van der Waals surface area contributed by atoms with E-state index < -0.39 is 11.7 Å². The third kappa shape index (κ3) is 4.40. The smallest absolute Gasteiger partial charge is 0.332 e. The topological polar surface area (TPSA) is 24.1 Å². The average Bonchev–Trinajstić information content (AvgIpc) is 2.62. The molecule has 6 heteroatoms. The number of halogens is 3. The van der Waals surface area contributed by atoms with Crippen LogP contribution in [0.5, 0.6) is 0 Å². The van der Waals surface area contributed by atoms with Gasteiger partial charge < -0.3 is 10.6 Å². The number of nitrogens with one attached hydrogen (secondary N) is 2. The molecule has 26 heavy (non-hydrogen) atoms. The van der Waals surface area contributed by atoms with Crippen molar-refractivity contribution in [2.45, 2.75) is 6.18 Å². The number of rotatable bonds is 3. The first kappa shape index (κ1) is 17.9. The molecule has 0 fully saturated rings. The summed E-state index contributed by atoms with van der Waals surface area (Å²) in [5, 5.41) is 6.07. The van der Waals surface area contributed by atoms with Gasteiger partial charge in [0.05, 0.1) is 5.56 Å². The van der Waals surface area contributed by atoms with Gasteiger partial charge in [0.15, 0.2) is 5.11 Å². The second kappa shape index (κ2) is 7.58. The van der Waals surface area contributed by atoms with E-state index in [0.717, 1.165) is 28.9 Å². The largest absolute Gasteiger partial charge is 0.416 e. The second-order valence-corrected chi connectivity index (χ2v) is 5.98. The number of alkyl halides is 3. The summed E-state index contributed by atoms with van der Waals surface area (Å²) < 4.78 is 38.4. The van der Waals surface area contributed by atoms with Crippen LogP contribution in [0.3, 0.4) is 0 Å². The van der Waals surface area contributed by atoms with E-state index in [1.54, 1.807) is 0 Å². The lowest BCUT2D eigenvalue weighted by molar-refractivity contribution is -0.137. The minimum absolute atomic E-state index is 0.215. The molecule has 0 radical (unpaired) electrons. The predicted molar refractivity (Wildman–Crippen MR) is 103 cm³/mol. The Labute approximate surface area is 154 Å². The molecule has 0 amide bonds. The summed E-state index contributed by atoms with van der Waals surface area (Å²) in [6, 6.07) is 22.3. The highest BCUT2D eigenvalue weighted by Gasteiger charge is 2.30. The minimum atomic E-state index is -4.40. The van der Waals surface area contributed by atoms with Crippen molar-refractivity contribution in [3.8, 4) is 11.1 Å². The number of anilines is 2. The van der Waals surface area contributed by atoms with Crippen molar-refractivity contribution < 1.29 is 13.2 Å². The summed E-state index contributed by atoms with van der Waals surface area (Å²) in [7, 11) is 0. The summed E-state index contributed by atoms with van der Waals surface area (Å²) in [5.74, 6) is 0. The summed E-state index contributed by atoms with van der Waals surface area (Å²) in [5.41, 5.74) is 2.27. The number of hydrogen-bond donors (Lipinski definition) is 2. The zero-order valence-electron chi connectivity index (χ0n) is 13.5. The standard InChI is InChI=1S/C20H15F3N2S/c21-20(22,23)15-9-6-10-16(13-15)24-19(26)25-18-12-5-4-11-17(18)14-7-2-1-3-8-14/h1-13H,(H2,24,25,26). The lowest BCUT2D eigenvalue weighted by Crippen LogP contribution is -2.20. The van der Waals surface area contributed by atoms with Gasteiger partial charge in [0.1, 0.15) is 0 Å². The molecule has 2 N–H and O–H groups in total. The van der Waals surface area contributed by atoms with Gasteiger partial charge >= 0.3 is 6.18 Å². The molecule has 0 saturated carbocycles. The van der Waals surface area contributed by atoms with E-state index in [4.69, 9.17) is 12.2 Å². The molecule has 0 aliphatic heterocycles. The highest BCUT2D eigenvalue weighted by molar-refractivity contribution is 7.80. The van der Waals surface area contributed by atoms with Crippen molar-refractivity contribution in [1.29, 1.82) is 0 Å². The van der Waals surface area contributed by atoms with Crippen LogP contribution >= 0.6 is 12.2 Å². The third-order valence-electron chi connectivity index (χ3n) is 3.71. The van der Waals surface area contributed by atoms with E-state index in [2.05, 4.69) is 10.6 Å². The maximum absolute atomic E-state index is 12.8. The van der Waals surface area contributed by atoms with E-state index in [9.17, 15) is 13.2 Å². The molecular weight excluding hydrogens is 357 g/mol. The summed E-state index contributed by atoms with van der Waals surface area (Å²) in [6.45, 7) is 0. The Morgan fingerprint density at radius 3 is 2.19 bits per heavy atom. The first-order chi connectivity index (χ1) is 12.4. The monoisotopic (exact) mass is 372 g/mol. The van der Waals surface area contributed by atoms with Crippen LogP contribution in [0.2, 0.25) is 0 Å². The molecular formula is C20H15F3N2S. The van der Waals surface area contributed by atoms with Crippen molar-refractivity contribution in [3.05, 3.63) is 84.4 Å². The Hall–Kier alpha value is -2.86. The molecule has 3 rings (SSSR count). The Morgan fingerprint density at radius 1 is 0.769 bits per heavy atom. The minimum Gasteiger partial charge on any atom is -0.332 e. The van der Waals surface area contributed by atoms with Gasteiger partial charge in [-0.15, -0.1) is 0 Å².